The molecule has 0 spiro atoms. The van der Waals surface area contributed by atoms with Crippen LogP contribution in [0, 0.1) is 0 Å². The van der Waals surface area contributed by atoms with Gasteiger partial charge in [0.25, 0.3) is 0 Å². The summed E-state index contributed by atoms with van der Waals surface area (Å²) in [6.07, 6.45) is -2.79. The molecule has 3 rings (SSSR count). The molecule has 1 aromatic heterocycles. The van der Waals surface area contributed by atoms with Gasteiger partial charge in [0, 0.05) is 24.7 Å². The molecular weight excluding hydrogens is 377 g/mol. The van der Waals surface area contributed by atoms with E-state index in [4.69, 9.17) is 9.63 Å². The van der Waals surface area contributed by atoms with Crippen molar-refractivity contribution in [1.82, 2.24) is 19.9 Å². The molecule has 0 atom stereocenters. The predicted molar refractivity (Wildman–Crippen MR) is 93.3 cm³/mol. The van der Waals surface area contributed by atoms with E-state index in [0.717, 1.165) is 38.1 Å². The maximum atomic E-state index is 12.8. The van der Waals surface area contributed by atoms with Crippen molar-refractivity contribution in [2.24, 2.45) is 0 Å². The fourth-order valence-corrected chi connectivity index (χ4v) is 3.32. The topological polar surface area (TPSA) is 82.7 Å². The van der Waals surface area contributed by atoms with Crippen molar-refractivity contribution in [3.63, 3.8) is 0 Å². The summed E-state index contributed by atoms with van der Waals surface area (Å²) in [4.78, 5) is 19.0. The van der Waals surface area contributed by atoms with Crippen molar-refractivity contribution in [3.8, 4) is 11.4 Å². The first kappa shape index (κ1) is 20.3. The summed E-state index contributed by atoms with van der Waals surface area (Å²) in [6, 6.07) is 5.02. The molecule has 10 heteroatoms. The number of carboxylic acid groups (broad SMARTS) is 1. The molecular formula is C18H21F3N4O3. The fourth-order valence-electron chi connectivity index (χ4n) is 3.32. The van der Waals surface area contributed by atoms with Gasteiger partial charge in [-0.1, -0.05) is 17.3 Å². The SMILES string of the molecule is CN(CC(=O)O)C1CCN(Cc2nc(-c3cccc(C(F)(F)F)c3)no2)CC1. The number of piperidine rings is 1. The van der Waals surface area contributed by atoms with Crippen molar-refractivity contribution in [1.29, 1.82) is 0 Å². The molecule has 0 amide bonds. The quantitative estimate of drug-likeness (QED) is 0.801. The third-order valence-corrected chi connectivity index (χ3v) is 4.84. The van der Waals surface area contributed by atoms with Crippen molar-refractivity contribution in [3.05, 3.63) is 35.7 Å². The zero-order valence-corrected chi connectivity index (χ0v) is 15.3. The van der Waals surface area contributed by atoms with Gasteiger partial charge >= 0.3 is 12.1 Å². The molecule has 0 radical (unpaired) electrons. The van der Waals surface area contributed by atoms with E-state index in [9.17, 15) is 18.0 Å². The lowest BCUT2D eigenvalue weighted by Gasteiger charge is -2.35. The Morgan fingerprint density at radius 2 is 2.07 bits per heavy atom. The van der Waals surface area contributed by atoms with Crippen LogP contribution in [0.1, 0.15) is 24.3 Å². The molecule has 7 nitrogen and oxygen atoms in total. The van der Waals surface area contributed by atoms with Crippen LogP contribution in [0.15, 0.2) is 28.8 Å². The molecule has 0 aliphatic carbocycles. The van der Waals surface area contributed by atoms with Gasteiger partial charge in [-0.3, -0.25) is 14.6 Å². The number of hydrogen-bond acceptors (Lipinski definition) is 6. The molecule has 1 fully saturated rings. The van der Waals surface area contributed by atoms with Crippen LogP contribution in [0.25, 0.3) is 11.4 Å². The smallest absolute Gasteiger partial charge is 0.416 e. The molecule has 1 aromatic carbocycles. The Hall–Kier alpha value is -2.46. The largest absolute Gasteiger partial charge is 0.480 e. The molecule has 0 bridgehead atoms. The van der Waals surface area contributed by atoms with Gasteiger partial charge < -0.3 is 9.63 Å². The van der Waals surface area contributed by atoms with E-state index in [0.29, 0.717) is 12.4 Å². The van der Waals surface area contributed by atoms with Gasteiger partial charge in [-0.25, -0.2) is 0 Å². The zero-order valence-electron chi connectivity index (χ0n) is 15.3. The minimum Gasteiger partial charge on any atom is -0.480 e. The molecule has 1 saturated heterocycles. The number of carboxylic acids is 1. The summed E-state index contributed by atoms with van der Waals surface area (Å²) in [6.45, 7) is 1.90. The predicted octanol–water partition coefficient (Wildman–Crippen LogP) is 2.74. The van der Waals surface area contributed by atoms with Crippen LogP contribution in [-0.4, -0.2) is 63.7 Å². The monoisotopic (exact) mass is 398 g/mol. The van der Waals surface area contributed by atoms with Gasteiger partial charge in [0.1, 0.15) is 0 Å². The number of likely N-dealkylation sites (N-methyl/N-ethyl adjacent to an activating group) is 1. The number of hydrogen-bond donors (Lipinski definition) is 1. The summed E-state index contributed by atoms with van der Waals surface area (Å²) in [5.41, 5.74) is -0.511. The van der Waals surface area contributed by atoms with E-state index in [1.807, 2.05) is 4.90 Å². The first-order chi connectivity index (χ1) is 13.2. The van der Waals surface area contributed by atoms with Crippen molar-refractivity contribution < 1.29 is 27.6 Å². The van der Waals surface area contributed by atoms with Crippen LogP contribution in [0.2, 0.25) is 0 Å². The summed E-state index contributed by atoms with van der Waals surface area (Å²) < 4.78 is 43.7. The Morgan fingerprint density at radius 1 is 1.36 bits per heavy atom. The molecule has 1 aliphatic rings. The molecule has 2 aromatic rings. The zero-order chi connectivity index (χ0) is 20.3. The van der Waals surface area contributed by atoms with Crippen LogP contribution in [0.4, 0.5) is 13.2 Å². The van der Waals surface area contributed by atoms with Crippen molar-refractivity contribution >= 4 is 5.97 Å². The summed E-state index contributed by atoms with van der Waals surface area (Å²) in [5.74, 6) is -0.389. The van der Waals surface area contributed by atoms with Gasteiger partial charge in [0.15, 0.2) is 0 Å². The Kier molecular flexibility index (Phi) is 5.99. The molecule has 0 unspecified atom stereocenters. The first-order valence-electron chi connectivity index (χ1n) is 8.87. The van der Waals surface area contributed by atoms with Crippen molar-refractivity contribution in [2.45, 2.75) is 31.6 Å². The number of likely N-dealkylation sites (tertiary alicyclic amines) is 1. The maximum Gasteiger partial charge on any atom is 0.416 e. The number of halogens is 3. The second-order valence-corrected chi connectivity index (χ2v) is 6.91. The Balaban J connectivity index is 1.58. The fraction of sp³-hybridized carbons (Fsp3) is 0.500. The third kappa shape index (κ3) is 5.08. The average Bonchev–Trinajstić information content (AvgIpc) is 3.10. The van der Waals surface area contributed by atoms with E-state index >= 15 is 0 Å². The van der Waals surface area contributed by atoms with Gasteiger partial charge in [0.05, 0.1) is 18.7 Å². The highest BCUT2D eigenvalue weighted by atomic mass is 19.4. The lowest BCUT2D eigenvalue weighted by Crippen LogP contribution is -2.44. The third-order valence-electron chi connectivity index (χ3n) is 4.84. The lowest BCUT2D eigenvalue weighted by molar-refractivity contribution is -0.139. The van der Waals surface area contributed by atoms with Gasteiger partial charge in [0.2, 0.25) is 11.7 Å². The number of rotatable bonds is 6. The molecule has 28 heavy (non-hydrogen) atoms. The van der Waals surface area contributed by atoms with Gasteiger partial charge in [-0.2, -0.15) is 18.2 Å². The van der Waals surface area contributed by atoms with E-state index < -0.39 is 17.7 Å². The first-order valence-corrected chi connectivity index (χ1v) is 8.87. The minimum absolute atomic E-state index is 0.00861. The van der Waals surface area contributed by atoms with Crippen LogP contribution >= 0.6 is 0 Å². The van der Waals surface area contributed by atoms with E-state index in [1.54, 1.807) is 7.05 Å². The number of benzene rings is 1. The second-order valence-electron chi connectivity index (χ2n) is 6.91. The highest BCUT2D eigenvalue weighted by Crippen LogP contribution is 2.31. The molecule has 1 N–H and O–H groups in total. The van der Waals surface area contributed by atoms with Gasteiger partial charge in [-0.15, -0.1) is 0 Å². The van der Waals surface area contributed by atoms with Crippen LogP contribution in [0.3, 0.4) is 0 Å². The number of alkyl halides is 3. The normalized spacial score (nSPS) is 16.6. The molecule has 152 valence electrons. The Morgan fingerprint density at radius 3 is 2.71 bits per heavy atom. The standard InChI is InChI=1S/C18H21F3N4O3/c1-24(11-16(26)27)14-5-7-25(8-6-14)10-15-22-17(23-28-15)12-3-2-4-13(9-12)18(19,20)21/h2-4,9,14H,5-8,10-11H2,1H3,(H,26,27). The Labute approximate surface area is 159 Å². The highest BCUT2D eigenvalue weighted by Gasteiger charge is 2.31. The molecule has 2 heterocycles. The maximum absolute atomic E-state index is 12.8. The number of nitrogens with zero attached hydrogens (tertiary/aromatic N) is 4. The number of carbonyl (C=O) groups is 1. The summed E-state index contributed by atoms with van der Waals surface area (Å²) in [7, 11) is 1.80. The van der Waals surface area contributed by atoms with Crippen molar-refractivity contribution in [2.75, 3.05) is 26.7 Å². The van der Waals surface area contributed by atoms with Crippen LogP contribution in [-0.2, 0) is 17.5 Å². The van der Waals surface area contributed by atoms with E-state index in [1.165, 1.54) is 12.1 Å². The van der Waals surface area contributed by atoms with Crippen LogP contribution in [0.5, 0.6) is 0 Å². The van der Waals surface area contributed by atoms with E-state index in [-0.39, 0.29) is 24.0 Å². The lowest BCUT2D eigenvalue weighted by atomic mass is 10.0. The van der Waals surface area contributed by atoms with Gasteiger partial charge in [-0.05, 0) is 32.0 Å². The number of aromatic nitrogens is 2. The minimum atomic E-state index is -4.43. The molecule has 1 aliphatic heterocycles. The highest BCUT2D eigenvalue weighted by molar-refractivity contribution is 5.69. The summed E-state index contributed by atoms with van der Waals surface area (Å²) in [5, 5.41) is 12.7. The van der Waals surface area contributed by atoms with Crippen LogP contribution < -0.4 is 0 Å². The number of aliphatic carboxylic acids is 1. The Bertz CT molecular complexity index is 816. The second kappa shape index (κ2) is 8.27. The van der Waals surface area contributed by atoms with E-state index in [2.05, 4.69) is 15.0 Å². The summed E-state index contributed by atoms with van der Waals surface area (Å²) >= 11 is 0. The molecule has 0 saturated carbocycles. The average molecular weight is 398 g/mol.